The molecule has 3 heterocycles. The van der Waals surface area contributed by atoms with Crippen LogP contribution in [-0.4, -0.2) is 55.5 Å². The molecule has 0 aliphatic carbocycles. The van der Waals surface area contributed by atoms with Crippen LogP contribution in [0.4, 0.5) is 18.9 Å². The quantitative estimate of drug-likeness (QED) is 0.737. The molecule has 0 radical (unpaired) electrons. The number of nitrogens with zero attached hydrogens (tertiary/aromatic N) is 3. The number of aliphatic hydroxyl groups is 1. The number of halogens is 3. The summed E-state index contributed by atoms with van der Waals surface area (Å²) >= 11 is 0. The highest BCUT2D eigenvalue weighted by Crippen LogP contribution is 2.44. The van der Waals surface area contributed by atoms with Gasteiger partial charge in [0.05, 0.1) is 23.8 Å². The topological polar surface area (TPSA) is 86.0 Å². The first-order chi connectivity index (χ1) is 16.2. The fourth-order valence-electron chi connectivity index (χ4n) is 5.26. The fourth-order valence-corrected chi connectivity index (χ4v) is 5.26. The minimum absolute atomic E-state index is 0.0205. The van der Waals surface area contributed by atoms with E-state index in [1.54, 1.807) is 34.1 Å². The lowest BCUT2D eigenvalue weighted by molar-refractivity contribution is -0.137. The Morgan fingerprint density at radius 3 is 2.71 bits per heavy atom. The number of anilines is 1. The van der Waals surface area contributed by atoms with E-state index >= 15 is 0 Å². The van der Waals surface area contributed by atoms with E-state index in [0.29, 0.717) is 55.3 Å². The van der Waals surface area contributed by atoms with Crippen molar-refractivity contribution in [1.82, 2.24) is 4.90 Å². The normalized spacial score (nSPS) is 23.6. The molecule has 0 saturated carbocycles. The van der Waals surface area contributed by atoms with Crippen molar-refractivity contribution in [3.8, 4) is 17.6 Å². The van der Waals surface area contributed by atoms with Crippen LogP contribution < -0.4 is 14.4 Å². The molecule has 34 heavy (non-hydrogen) atoms. The SMILES string of the molecule is N#Cc1ccc(N2CC[C@@H]3CN(C(=O)c4ccc5c(c4)OCO5)C[C@]3(CO)C2)cc1C(F)(F)F. The van der Waals surface area contributed by atoms with Gasteiger partial charge in [-0.2, -0.15) is 18.4 Å². The first kappa shape index (κ1) is 22.3. The zero-order valence-corrected chi connectivity index (χ0v) is 18.1. The molecule has 5 rings (SSSR count). The Kier molecular flexibility index (Phi) is 5.32. The van der Waals surface area contributed by atoms with Gasteiger partial charge in [-0.3, -0.25) is 4.79 Å². The molecule has 7 nitrogen and oxygen atoms in total. The molecular formula is C24H22F3N3O4. The summed E-state index contributed by atoms with van der Waals surface area (Å²) in [5.41, 5.74) is -1.26. The third-order valence-corrected chi connectivity index (χ3v) is 7.08. The lowest BCUT2D eigenvalue weighted by Gasteiger charge is -2.44. The summed E-state index contributed by atoms with van der Waals surface area (Å²) in [4.78, 5) is 16.7. The number of carbonyl (C=O) groups is 1. The van der Waals surface area contributed by atoms with Crippen molar-refractivity contribution in [2.45, 2.75) is 12.6 Å². The van der Waals surface area contributed by atoms with E-state index in [-0.39, 0.29) is 25.2 Å². The molecule has 3 aliphatic heterocycles. The number of carbonyl (C=O) groups excluding carboxylic acids is 1. The molecule has 0 unspecified atom stereocenters. The van der Waals surface area contributed by atoms with Gasteiger partial charge in [0.25, 0.3) is 5.91 Å². The van der Waals surface area contributed by atoms with Crippen molar-refractivity contribution in [1.29, 1.82) is 5.26 Å². The van der Waals surface area contributed by atoms with Gasteiger partial charge in [-0.15, -0.1) is 0 Å². The predicted octanol–water partition coefficient (Wildman–Crippen LogP) is 3.27. The van der Waals surface area contributed by atoms with Gasteiger partial charge in [0.1, 0.15) is 0 Å². The van der Waals surface area contributed by atoms with E-state index in [1.165, 1.54) is 12.1 Å². The van der Waals surface area contributed by atoms with Crippen molar-refractivity contribution in [2.24, 2.45) is 11.3 Å². The van der Waals surface area contributed by atoms with Crippen molar-refractivity contribution in [3.63, 3.8) is 0 Å². The van der Waals surface area contributed by atoms with Crippen LogP contribution in [0, 0.1) is 22.7 Å². The highest BCUT2D eigenvalue weighted by molar-refractivity contribution is 5.95. The number of likely N-dealkylation sites (tertiary alicyclic amines) is 1. The molecule has 0 aromatic heterocycles. The second-order valence-electron chi connectivity index (χ2n) is 9.02. The maximum atomic E-state index is 13.5. The van der Waals surface area contributed by atoms with Crippen LogP contribution in [-0.2, 0) is 6.18 Å². The molecule has 2 aromatic rings. The average Bonchev–Trinajstić information content (AvgIpc) is 3.46. The lowest BCUT2D eigenvalue weighted by Crippen LogP contribution is -2.51. The smallest absolute Gasteiger partial charge is 0.417 e. The highest BCUT2D eigenvalue weighted by atomic mass is 19.4. The van der Waals surface area contributed by atoms with Crippen molar-refractivity contribution in [3.05, 3.63) is 53.1 Å². The van der Waals surface area contributed by atoms with Crippen molar-refractivity contribution >= 4 is 11.6 Å². The van der Waals surface area contributed by atoms with Crippen LogP contribution in [0.25, 0.3) is 0 Å². The summed E-state index contributed by atoms with van der Waals surface area (Å²) in [5, 5.41) is 19.4. The summed E-state index contributed by atoms with van der Waals surface area (Å²) in [6.45, 7) is 1.46. The lowest BCUT2D eigenvalue weighted by atomic mass is 9.74. The fraction of sp³-hybridized carbons (Fsp3) is 0.417. The van der Waals surface area contributed by atoms with Gasteiger partial charge in [-0.1, -0.05) is 0 Å². The number of alkyl halides is 3. The molecule has 2 atom stereocenters. The number of piperidine rings is 1. The van der Waals surface area contributed by atoms with Crippen LogP contribution in [0.1, 0.15) is 27.9 Å². The average molecular weight is 473 g/mol. The summed E-state index contributed by atoms with van der Waals surface area (Å²) < 4.78 is 51.0. The van der Waals surface area contributed by atoms with Gasteiger partial charge >= 0.3 is 6.18 Å². The first-order valence-corrected chi connectivity index (χ1v) is 10.9. The van der Waals surface area contributed by atoms with Crippen LogP contribution >= 0.6 is 0 Å². The van der Waals surface area contributed by atoms with Gasteiger partial charge in [-0.05, 0) is 48.7 Å². The number of hydrogen-bond acceptors (Lipinski definition) is 6. The number of aliphatic hydroxyl groups excluding tert-OH is 1. The van der Waals surface area contributed by atoms with Gasteiger partial charge < -0.3 is 24.4 Å². The Bertz CT molecular complexity index is 1180. The number of fused-ring (bicyclic) bond motifs is 2. The second-order valence-corrected chi connectivity index (χ2v) is 9.02. The Labute approximate surface area is 193 Å². The Morgan fingerprint density at radius 2 is 1.97 bits per heavy atom. The molecule has 1 N–H and O–H groups in total. The van der Waals surface area contributed by atoms with E-state index in [4.69, 9.17) is 14.7 Å². The minimum Gasteiger partial charge on any atom is -0.454 e. The third-order valence-electron chi connectivity index (χ3n) is 7.08. The second kappa shape index (κ2) is 8.09. The molecule has 0 spiro atoms. The maximum Gasteiger partial charge on any atom is 0.417 e. The Morgan fingerprint density at radius 1 is 1.18 bits per heavy atom. The van der Waals surface area contributed by atoms with Crippen LogP contribution in [0.2, 0.25) is 0 Å². The van der Waals surface area contributed by atoms with E-state index in [9.17, 15) is 23.1 Å². The number of nitriles is 1. The molecule has 0 bridgehead atoms. The summed E-state index contributed by atoms with van der Waals surface area (Å²) in [7, 11) is 0. The maximum absolute atomic E-state index is 13.5. The molecule has 2 saturated heterocycles. The summed E-state index contributed by atoms with van der Waals surface area (Å²) in [6, 6.07) is 10.3. The zero-order chi connectivity index (χ0) is 24.1. The highest BCUT2D eigenvalue weighted by Gasteiger charge is 2.51. The standard InChI is InChI=1S/C24H22F3N3O4/c25-24(26,27)19-8-18(3-1-16(19)9-28)29-6-5-17-10-30(12-23(17,11-29)13-31)22(32)15-2-4-20-21(7-15)34-14-33-20/h1-4,7-8,17,31H,5-6,10-14H2/t17-,23+/m1/s1. The molecule has 178 valence electrons. The van der Waals surface area contributed by atoms with Crippen LogP contribution in [0.15, 0.2) is 36.4 Å². The largest absolute Gasteiger partial charge is 0.454 e. The predicted molar refractivity (Wildman–Crippen MR) is 114 cm³/mol. The van der Waals surface area contributed by atoms with Crippen molar-refractivity contribution in [2.75, 3.05) is 44.5 Å². The Hall–Kier alpha value is -3.45. The van der Waals surface area contributed by atoms with Gasteiger partial charge in [0.15, 0.2) is 11.5 Å². The monoisotopic (exact) mass is 473 g/mol. The minimum atomic E-state index is -4.64. The van der Waals surface area contributed by atoms with Gasteiger partial charge in [0.2, 0.25) is 6.79 Å². The van der Waals surface area contributed by atoms with Crippen LogP contribution in [0.3, 0.4) is 0 Å². The van der Waals surface area contributed by atoms with E-state index in [0.717, 1.165) is 6.07 Å². The van der Waals surface area contributed by atoms with Crippen molar-refractivity contribution < 1.29 is 32.5 Å². The Balaban J connectivity index is 1.38. The van der Waals surface area contributed by atoms with E-state index < -0.39 is 22.7 Å². The van der Waals surface area contributed by atoms with E-state index in [1.807, 2.05) is 0 Å². The third kappa shape index (κ3) is 3.70. The summed E-state index contributed by atoms with van der Waals surface area (Å²) in [5.74, 6) is 0.915. The van der Waals surface area contributed by atoms with Gasteiger partial charge in [0, 0.05) is 42.8 Å². The number of hydrogen-bond donors (Lipinski definition) is 1. The molecule has 10 heteroatoms. The molecule has 1 amide bonds. The number of rotatable bonds is 3. The first-order valence-electron chi connectivity index (χ1n) is 10.9. The van der Waals surface area contributed by atoms with E-state index in [2.05, 4.69) is 0 Å². The number of ether oxygens (including phenoxy) is 2. The van der Waals surface area contributed by atoms with Gasteiger partial charge in [-0.25, -0.2) is 0 Å². The van der Waals surface area contributed by atoms with Crippen LogP contribution in [0.5, 0.6) is 11.5 Å². The number of amides is 1. The molecule has 2 fully saturated rings. The summed E-state index contributed by atoms with van der Waals surface area (Å²) in [6.07, 6.45) is -4.03. The number of benzene rings is 2. The molecule has 3 aliphatic rings. The molecular weight excluding hydrogens is 451 g/mol. The molecule has 2 aromatic carbocycles. The zero-order valence-electron chi connectivity index (χ0n) is 18.1.